The number of fused-ring (bicyclic) bond motifs is 2. The highest BCUT2D eigenvalue weighted by Gasteiger charge is 2.28. The Hall–Kier alpha value is -2.95. The van der Waals surface area contributed by atoms with Gasteiger partial charge in [0.05, 0.1) is 12.2 Å². The molecule has 0 saturated heterocycles. The van der Waals surface area contributed by atoms with Crippen LogP contribution in [0, 0.1) is 0 Å². The first-order valence-corrected chi connectivity index (χ1v) is 9.35. The standard InChI is InChI=1S/C22H22O5/c1-2-3-4-5-10-24-16-7-8-17-19(13-16)27-21(22(17)23)12-15-6-9-18-20(11-15)26-14-25-18/h6-9,11-13H,2-5,10,14H2,1H3/b21-12+. The van der Waals surface area contributed by atoms with E-state index in [4.69, 9.17) is 18.9 Å². The van der Waals surface area contributed by atoms with E-state index in [9.17, 15) is 4.79 Å². The van der Waals surface area contributed by atoms with Crippen LogP contribution in [0.1, 0.15) is 48.5 Å². The highest BCUT2D eigenvalue weighted by atomic mass is 16.7. The molecule has 2 aliphatic heterocycles. The smallest absolute Gasteiger partial charge is 0.231 e. The van der Waals surface area contributed by atoms with Crippen molar-refractivity contribution in [3.05, 3.63) is 53.3 Å². The predicted octanol–water partition coefficient (Wildman–Crippen LogP) is 4.99. The SMILES string of the molecule is CCCCCCOc1ccc2c(c1)O/C(=C/c1ccc3c(c1)OCO3)C2=O. The van der Waals surface area contributed by atoms with Crippen molar-refractivity contribution in [3.8, 4) is 23.0 Å². The first kappa shape index (κ1) is 17.5. The Kier molecular flexibility index (Phi) is 5.01. The van der Waals surface area contributed by atoms with E-state index in [2.05, 4.69) is 6.92 Å². The summed E-state index contributed by atoms with van der Waals surface area (Å²) in [5, 5.41) is 0. The number of carbonyl (C=O) groups is 1. The van der Waals surface area contributed by atoms with Crippen LogP contribution in [-0.4, -0.2) is 19.2 Å². The van der Waals surface area contributed by atoms with E-state index in [1.165, 1.54) is 19.3 Å². The van der Waals surface area contributed by atoms with Crippen molar-refractivity contribution >= 4 is 11.9 Å². The molecule has 2 aromatic carbocycles. The summed E-state index contributed by atoms with van der Waals surface area (Å²) in [5.41, 5.74) is 1.38. The van der Waals surface area contributed by atoms with E-state index in [0.717, 1.165) is 17.7 Å². The van der Waals surface area contributed by atoms with Gasteiger partial charge in [-0.2, -0.15) is 0 Å². The predicted molar refractivity (Wildman–Crippen MR) is 102 cm³/mol. The van der Waals surface area contributed by atoms with E-state index in [1.807, 2.05) is 24.3 Å². The summed E-state index contributed by atoms with van der Waals surface area (Å²) in [5.74, 6) is 2.81. The maximum Gasteiger partial charge on any atom is 0.231 e. The Balaban J connectivity index is 1.45. The minimum atomic E-state index is -0.128. The second-order valence-electron chi connectivity index (χ2n) is 6.62. The normalized spacial score (nSPS) is 15.7. The molecule has 2 aromatic rings. The molecule has 4 rings (SSSR count). The van der Waals surface area contributed by atoms with Crippen LogP contribution < -0.4 is 18.9 Å². The van der Waals surface area contributed by atoms with Gasteiger partial charge in [-0.25, -0.2) is 0 Å². The first-order valence-electron chi connectivity index (χ1n) is 9.35. The lowest BCUT2D eigenvalue weighted by molar-refractivity contribution is 0.101. The molecule has 0 spiro atoms. The van der Waals surface area contributed by atoms with Crippen molar-refractivity contribution in [2.45, 2.75) is 32.6 Å². The molecular weight excluding hydrogens is 344 g/mol. The lowest BCUT2D eigenvalue weighted by atomic mass is 10.1. The fourth-order valence-corrected chi connectivity index (χ4v) is 3.13. The lowest BCUT2D eigenvalue weighted by Gasteiger charge is -2.07. The number of ether oxygens (including phenoxy) is 4. The number of rotatable bonds is 7. The molecule has 0 fully saturated rings. The van der Waals surface area contributed by atoms with E-state index in [-0.39, 0.29) is 12.6 Å². The topological polar surface area (TPSA) is 54.0 Å². The third kappa shape index (κ3) is 3.77. The monoisotopic (exact) mass is 366 g/mol. The lowest BCUT2D eigenvalue weighted by Crippen LogP contribution is -1.98. The molecule has 0 aromatic heterocycles. The maximum absolute atomic E-state index is 12.6. The zero-order valence-electron chi connectivity index (χ0n) is 15.3. The summed E-state index contributed by atoms with van der Waals surface area (Å²) in [4.78, 5) is 12.6. The number of unbranched alkanes of at least 4 members (excludes halogenated alkanes) is 3. The Morgan fingerprint density at radius 3 is 2.78 bits per heavy atom. The van der Waals surface area contributed by atoms with Crippen LogP contribution in [0.4, 0.5) is 0 Å². The fourth-order valence-electron chi connectivity index (χ4n) is 3.13. The fraction of sp³-hybridized carbons (Fsp3) is 0.318. The van der Waals surface area contributed by atoms with Gasteiger partial charge in [0.15, 0.2) is 17.3 Å². The number of Topliss-reactive ketones (excluding diaryl/α,β-unsaturated/α-hetero) is 1. The minimum Gasteiger partial charge on any atom is -0.493 e. The van der Waals surface area contributed by atoms with Crippen LogP contribution in [0.25, 0.3) is 6.08 Å². The molecule has 0 atom stereocenters. The van der Waals surface area contributed by atoms with E-state index < -0.39 is 0 Å². The minimum absolute atomic E-state index is 0.128. The molecule has 0 radical (unpaired) electrons. The molecule has 2 heterocycles. The molecule has 0 bridgehead atoms. The molecule has 0 aliphatic carbocycles. The van der Waals surface area contributed by atoms with Crippen molar-refractivity contribution in [3.63, 3.8) is 0 Å². The van der Waals surface area contributed by atoms with Crippen molar-refractivity contribution in [1.29, 1.82) is 0 Å². The molecule has 2 aliphatic rings. The summed E-state index contributed by atoms with van der Waals surface area (Å²) in [7, 11) is 0. The van der Waals surface area contributed by atoms with Gasteiger partial charge in [0.1, 0.15) is 11.5 Å². The van der Waals surface area contributed by atoms with Gasteiger partial charge in [-0.05, 0) is 42.3 Å². The van der Waals surface area contributed by atoms with Crippen LogP contribution in [-0.2, 0) is 0 Å². The van der Waals surface area contributed by atoms with Crippen LogP contribution in [0.15, 0.2) is 42.2 Å². The Morgan fingerprint density at radius 2 is 1.89 bits per heavy atom. The molecular formula is C22H22O5. The average Bonchev–Trinajstić information content (AvgIpc) is 3.26. The van der Waals surface area contributed by atoms with Crippen molar-refractivity contribution in [1.82, 2.24) is 0 Å². The number of carbonyl (C=O) groups excluding carboxylic acids is 1. The van der Waals surface area contributed by atoms with Crippen LogP contribution in [0.5, 0.6) is 23.0 Å². The van der Waals surface area contributed by atoms with Gasteiger partial charge >= 0.3 is 0 Å². The number of benzene rings is 2. The number of hydrogen-bond donors (Lipinski definition) is 0. The van der Waals surface area contributed by atoms with Gasteiger partial charge in [-0.15, -0.1) is 0 Å². The van der Waals surface area contributed by atoms with E-state index in [1.54, 1.807) is 18.2 Å². The first-order chi connectivity index (χ1) is 13.2. The van der Waals surface area contributed by atoms with Crippen LogP contribution in [0.2, 0.25) is 0 Å². The van der Waals surface area contributed by atoms with Gasteiger partial charge in [0.25, 0.3) is 0 Å². The highest BCUT2D eigenvalue weighted by Crippen LogP contribution is 2.37. The van der Waals surface area contributed by atoms with E-state index in [0.29, 0.717) is 35.2 Å². The zero-order chi connectivity index (χ0) is 18.6. The summed E-state index contributed by atoms with van der Waals surface area (Å²) in [6.45, 7) is 3.08. The van der Waals surface area contributed by atoms with Crippen LogP contribution in [0.3, 0.4) is 0 Å². The molecule has 0 amide bonds. The average molecular weight is 366 g/mol. The quantitative estimate of drug-likeness (QED) is 0.510. The molecule has 5 nitrogen and oxygen atoms in total. The second-order valence-corrected chi connectivity index (χ2v) is 6.62. The van der Waals surface area contributed by atoms with E-state index >= 15 is 0 Å². The highest BCUT2D eigenvalue weighted by molar-refractivity contribution is 6.14. The van der Waals surface area contributed by atoms with Gasteiger partial charge < -0.3 is 18.9 Å². The van der Waals surface area contributed by atoms with Gasteiger partial charge in [0.2, 0.25) is 12.6 Å². The molecule has 0 N–H and O–H groups in total. The van der Waals surface area contributed by atoms with Gasteiger partial charge in [-0.3, -0.25) is 4.79 Å². The molecule has 27 heavy (non-hydrogen) atoms. The third-order valence-electron chi connectivity index (χ3n) is 4.60. The number of allylic oxidation sites excluding steroid dienone is 1. The Bertz CT molecular complexity index is 884. The van der Waals surface area contributed by atoms with Crippen molar-refractivity contribution in [2.75, 3.05) is 13.4 Å². The van der Waals surface area contributed by atoms with Gasteiger partial charge in [0, 0.05) is 6.07 Å². The summed E-state index contributed by atoms with van der Waals surface area (Å²) in [6, 6.07) is 10.9. The van der Waals surface area contributed by atoms with Crippen molar-refractivity contribution in [2.24, 2.45) is 0 Å². The molecule has 5 heteroatoms. The van der Waals surface area contributed by atoms with Crippen molar-refractivity contribution < 1.29 is 23.7 Å². The van der Waals surface area contributed by atoms with Gasteiger partial charge in [-0.1, -0.05) is 32.3 Å². The zero-order valence-corrected chi connectivity index (χ0v) is 15.3. The second kappa shape index (κ2) is 7.74. The maximum atomic E-state index is 12.6. The third-order valence-corrected chi connectivity index (χ3v) is 4.60. The number of hydrogen-bond acceptors (Lipinski definition) is 5. The number of ketones is 1. The Morgan fingerprint density at radius 1 is 1.00 bits per heavy atom. The molecule has 0 saturated carbocycles. The summed E-state index contributed by atoms with van der Waals surface area (Å²) in [6.07, 6.45) is 6.33. The Labute approximate surface area is 158 Å². The molecule has 0 unspecified atom stereocenters. The largest absolute Gasteiger partial charge is 0.493 e. The summed E-state index contributed by atoms with van der Waals surface area (Å²) >= 11 is 0. The molecule has 140 valence electrons. The summed E-state index contributed by atoms with van der Waals surface area (Å²) < 4.78 is 22.2. The van der Waals surface area contributed by atoms with Crippen LogP contribution >= 0.6 is 0 Å².